The molecule has 0 bridgehead atoms. The highest BCUT2D eigenvalue weighted by Crippen LogP contribution is 2.38. The predicted molar refractivity (Wildman–Crippen MR) is 85.4 cm³/mol. The van der Waals surface area contributed by atoms with Gasteiger partial charge in [0, 0.05) is 16.3 Å². The largest absolute Gasteiger partial charge is 0.389 e. The second-order valence-electron chi connectivity index (χ2n) is 6.66. The minimum Gasteiger partial charge on any atom is -0.389 e. The van der Waals surface area contributed by atoms with Crippen molar-refractivity contribution in [1.82, 2.24) is 4.90 Å². The number of likely N-dealkylation sites (tertiary alicyclic amines) is 1. The van der Waals surface area contributed by atoms with Crippen molar-refractivity contribution in [2.75, 3.05) is 6.54 Å². The van der Waals surface area contributed by atoms with Crippen LogP contribution in [0.2, 0.25) is 0 Å². The minimum absolute atomic E-state index is 0.146. The molecule has 21 heavy (non-hydrogen) atoms. The number of carbonyl (C=O) groups is 1. The van der Waals surface area contributed by atoms with E-state index in [1.54, 1.807) is 11.3 Å². The molecule has 116 valence electrons. The first-order chi connectivity index (χ1) is 10.1. The van der Waals surface area contributed by atoms with Gasteiger partial charge < -0.3 is 10.0 Å². The van der Waals surface area contributed by atoms with E-state index in [2.05, 4.69) is 19.1 Å². The standard InChI is InChI=1S/C17H25NO2S/c1-13-7-8-15(21-13)14-6-5-11-18(14)16(19)12-17(20)9-3-2-4-10-17/h7-8,14,20H,2-6,9-12H2,1H3. The van der Waals surface area contributed by atoms with E-state index in [-0.39, 0.29) is 11.9 Å². The van der Waals surface area contributed by atoms with Crippen LogP contribution in [0.25, 0.3) is 0 Å². The van der Waals surface area contributed by atoms with Crippen molar-refractivity contribution < 1.29 is 9.90 Å². The summed E-state index contributed by atoms with van der Waals surface area (Å²) in [5.41, 5.74) is -0.742. The van der Waals surface area contributed by atoms with Crippen LogP contribution in [0.15, 0.2) is 12.1 Å². The van der Waals surface area contributed by atoms with Crippen LogP contribution in [0, 0.1) is 6.92 Å². The van der Waals surface area contributed by atoms with Gasteiger partial charge in [0.25, 0.3) is 0 Å². The van der Waals surface area contributed by atoms with E-state index < -0.39 is 5.60 Å². The lowest BCUT2D eigenvalue weighted by Crippen LogP contribution is -2.40. The number of nitrogens with zero attached hydrogens (tertiary/aromatic N) is 1. The molecule has 2 fully saturated rings. The third kappa shape index (κ3) is 3.32. The van der Waals surface area contributed by atoms with Gasteiger partial charge in [-0.1, -0.05) is 19.3 Å². The molecule has 2 heterocycles. The summed E-state index contributed by atoms with van der Waals surface area (Å²) in [5.74, 6) is 0.146. The molecule has 3 rings (SSSR count). The maximum absolute atomic E-state index is 12.7. The van der Waals surface area contributed by atoms with E-state index in [1.807, 2.05) is 4.90 Å². The molecular formula is C17H25NO2S. The third-order valence-corrected chi connectivity index (χ3v) is 6.03. The van der Waals surface area contributed by atoms with Gasteiger partial charge in [0.15, 0.2) is 0 Å². The normalized spacial score (nSPS) is 25.2. The van der Waals surface area contributed by atoms with Crippen LogP contribution in [-0.2, 0) is 4.79 Å². The Morgan fingerprint density at radius 2 is 2.10 bits per heavy atom. The first-order valence-corrected chi connectivity index (χ1v) is 8.97. The van der Waals surface area contributed by atoms with Crippen molar-refractivity contribution in [1.29, 1.82) is 0 Å². The molecule has 1 atom stereocenters. The number of carbonyl (C=O) groups excluding carboxylic acids is 1. The quantitative estimate of drug-likeness (QED) is 0.922. The molecule has 1 aliphatic heterocycles. The first-order valence-electron chi connectivity index (χ1n) is 8.16. The fraction of sp³-hybridized carbons (Fsp3) is 0.706. The Balaban J connectivity index is 1.68. The third-order valence-electron chi connectivity index (χ3n) is 4.93. The maximum Gasteiger partial charge on any atom is 0.226 e. The van der Waals surface area contributed by atoms with Crippen LogP contribution in [0.1, 0.15) is 67.2 Å². The fourth-order valence-electron chi connectivity index (χ4n) is 3.76. The summed E-state index contributed by atoms with van der Waals surface area (Å²) in [6.07, 6.45) is 7.32. The molecule has 4 heteroatoms. The fourth-order valence-corrected chi connectivity index (χ4v) is 4.79. The smallest absolute Gasteiger partial charge is 0.226 e. The number of hydrogen-bond donors (Lipinski definition) is 1. The lowest BCUT2D eigenvalue weighted by molar-refractivity contribution is -0.138. The van der Waals surface area contributed by atoms with Crippen LogP contribution < -0.4 is 0 Å². The summed E-state index contributed by atoms with van der Waals surface area (Å²) in [4.78, 5) is 17.3. The van der Waals surface area contributed by atoms with E-state index in [9.17, 15) is 9.90 Å². The molecule has 1 saturated carbocycles. The summed E-state index contributed by atoms with van der Waals surface area (Å²) in [6.45, 7) is 2.95. The molecular weight excluding hydrogens is 282 g/mol. The highest BCUT2D eigenvalue weighted by molar-refractivity contribution is 7.12. The van der Waals surface area contributed by atoms with Gasteiger partial charge in [-0.25, -0.2) is 0 Å². The second-order valence-corrected chi connectivity index (χ2v) is 7.97. The number of aryl methyl sites for hydroxylation is 1. The average Bonchev–Trinajstić information content (AvgIpc) is 3.07. The Morgan fingerprint density at radius 1 is 1.33 bits per heavy atom. The van der Waals surface area contributed by atoms with Gasteiger partial charge in [-0.05, 0) is 44.7 Å². The number of thiophene rings is 1. The van der Waals surface area contributed by atoms with Crippen LogP contribution in [0.5, 0.6) is 0 Å². The lowest BCUT2D eigenvalue weighted by atomic mass is 9.82. The van der Waals surface area contributed by atoms with Gasteiger partial charge >= 0.3 is 0 Å². The molecule has 0 aromatic carbocycles. The lowest BCUT2D eigenvalue weighted by Gasteiger charge is -2.34. The summed E-state index contributed by atoms with van der Waals surface area (Å²) in [7, 11) is 0. The number of hydrogen-bond acceptors (Lipinski definition) is 3. The van der Waals surface area contributed by atoms with Crippen LogP contribution >= 0.6 is 11.3 Å². The Morgan fingerprint density at radius 3 is 2.76 bits per heavy atom. The van der Waals surface area contributed by atoms with Crippen molar-refractivity contribution in [3.05, 3.63) is 21.9 Å². The van der Waals surface area contributed by atoms with Gasteiger partial charge in [-0.15, -0.1) is 11.3 Å². The maximum atomic E-state index is 12.7. The molecule has 0 radical (unpaired) electrons. The van der Waals surface area contributed by atoms with E-state index in [0.717, 1.165) is 45.1 Å². The van der Waals surface area contributed by atoms with Crippen molar-refractivity contribution in [2.45, 2.75) is 69.9 Å². The zero-order chi connectivity index (χ0) is 14.9. The Bertz CT molecular complexity index is 505. The van der Waals surface area contributed by atoms with Crippen molar-refractivity contribution in [2.24, 2.45) is 0 Å². The van der Waals surface area contributed by atoms with Gasteiger partial charge in [-0.3, -0.25) is 4.79 Å². The summed E-state index contributed by atoms with van der Waals surface area (Å²) < 4.78 is 0. The molecule has 1 N–H and O–H groups in total. The Labute approximate surface area is 131 Å². The Hall–Kier alpha value is -0.870. The van der Waals surface area contributed by atoms with Crippen molar-refractivity contribution in [3.8, 4) is 0 Å². The molecule has 2 aliphatic rings. The molecule has 1 aromatic heterocycles. The van der Waals surface area contributed by atoms with Gasteiger partial charge in [0.05, 0.1) is 18.1 Å². The number of amides is 1. The highest BCUT2D eigenvalue weighted by Gasteiger charge is 2.37. The van der Waals surface area contributed by atoms with Crippen LogP contribution in [-0.4, -0.2) is 28.1 Å². The summed E-state index contributed by atoms with van der Waals surface area (Å²) in [6, 6.07) is 4.53. The molecule has 1 saturated heterocycles. The topological polar surface area (TPSA) is 40.5 Å². The van der Waals surface area contributed by atoms with E-state index >= 15 is 0 Å². The summed E-state index contributed by atoms with van der Waals surface area (Å²) >= 11 is 1.79. The van der Waals surface area contributed by atoms with Crippen molar-refractivity contribution in [3.63, 3.8) is 0 Å². The Kier molecular flexibility index (Phi) is 4.36. The predicted octanol–water partition coefficient (Wildman–Crippen LogP) is 3.81. The van der Waals surface area contributed by atoms with E-state index in [1.165, 1.54) is 16.2 Å². The highest BCUT2D eigenvalue weighted by atomic mass is 32.1. The zero-order valence-corrected chi connectivity index (χ0v) is 13.6. The van der Waals surface area contributed by atoms with Gasteiger partial charge in [-0.2, -0.15) is 0 Å². The van der Waals surface area contributed by atoms with E-state index in [0.29, 0.717) is 6.42 Å². The molecule has 1 amide bonds. The SMILES string of the molecule is Cc1ccc(C2CCCN2C(=O)CC2(O)CCCCC2)s1. The van der Waals surface area contributed by atoms with Gasteiger partial charge in [0.2, 0.25) is 5.91 Å². The summed E-state index contributed by atoms with van der Waals surface area (Å²) in [5, 5.41) is 10.6. The zero-order valence-electron chi connectivity index (χ0n) is 12.8. The molecule has 1 aliphatic carbocycles. The number of aliphatic hydroxyl groups is 1. The minimum atomic E-state index is -0.742. The van der Waals surface area contributed by atoms with Crippen LogP contribution in [0.4, 0.5) is 0 Å². The van der Waals surface area contributed by atoms with Crippen LogP contribution in [0.3, 0.4) is 0 Å². The number of rotatable bonds is 3. The van der Waals surface area contributed by atoms with E-state index in [4.69, 9.17) is 0 Å². The average molecular weight is 307 g/mol. The molecule has 1 unspecified atom stereocenters. The van der Waals surface area contributed by atoms with Gasteiger partial charge in [0.1, 0.15) is 0 Å². The molecule has 3 nitrogen and oxygen atoms in total. The second kappa shape index (κ2) is 6.09. The molecule has 1 aromatic rings. The monoisotopic (exact) mass is 307 g/mol. The van der Waals surface area contributed by atoms with Crippen molar-refractivity contribution >= 4 is 17.2 Å². The molecule has 0 spiro atoms. The first kappa shape index (κ1) is 15.0.